The summed E-state index contributed by atoms with van der Waals surface area (Å²) in [6.45, 7) is 11.2. The second-order valence-electron chi connectivity index (χ2n) is 8.95. The highest BCUT2D eigenvalue weighted by atomic mass is 32.2. The van der Waals surface area contributed by atoms with Gasteiger partial charge in [-0.1, -0.05) is 52.0 Å². The third kappa shape index (κ3) is 3.09. The molecule has 2 heterocycles. The number of nitrogens with two attached hydrogens (primary N) is 1. The van der Waals surface area contributed by atoms with Crippen LogP contribution in [0.3, 0.4) is 0 Å². The van der Waals surface area contributed by atoms with Gasteiger partial charge in [-0.25, -0.2) is 23.1 Å². The van der Waals surface area contributed by atoms with Crippen LogP contribution in [0.1, 0.15) is 57.7 Å². The van der Waals surface area contributed by atoms with Crippen molar-refractivity contribution in [3.63, 3.8) is 0 Å². The quantitative estimate of drug-likeness (QED) is 0.706. The summed E-state index contributed by atoms with van der Waals surface area (Å²) in [4.78, 5) is 5.19. The summed E-state index contributed by atoms with van der Waals surface area (Å²) >= 11 is 0.990. The van der Waals surface area contributed by atoms with E-state index in [2.05, 4.69) is 56.8 Å². The highest BCUT2D eigenvalue weighted by Crippen LogP contribution is 2.45. The fraction of sp³-hybridized carbons (Fsp3) is 0.474. The van der Waals surface area contributed by atoms with Gasteiger partial charge >= 0.3 is 0 Å². The summed E-state index contributed by atoms with van der Waals surface area (Å²) < 4.78 is 24.4. The first kappa shape index (κ1) is 18.6. The second kappa shape index (κ2) is 5.62. The van der Waals surface area contributed by atoms with Crippen LogP contribution in [0.15, 0.2) is 22.7 Å². The minimum atomic E-state index is -3.82. The molecule has 0 bridgehead atoms. The molecule has 2 aromatic heterocycles. The number of imidazole rings is 1. The molecular formula is C19H24N4O2S2. The van der Waals surface area contributed by atoms with E-state index in [0.29, 0.717) is 4.96 Å². The van der Waals surface area contributed by atoms with Crippen LogP contribution in [-0.2, 0) is 27.3 Å². The minimum absolute atomic E-state index is 0.0264. The molecule has 6 nitrogen and oxygen atoms in total. The molecule has 0 fully saturated rings. The van der Waals surface area contributed by atoms with Gasteiger partial charge in [-0.3, -0.25) is 0 Å². The summed E-state index contributed by atoms with van der Waals surface area (Å²) in [6.07, 6.45) is 3.93. The molecule has 1 aliphatic carbocycles. The van der Waals surface area contributed by atoms with Gasteiger partial charge in [0, 0.05) is 5.56 Å². The van der Waals surface area contributed by atoms with Crippen molar-refractivity contribution in [1.82, 2.24) is 14.6 Å². The Morgan fingerprint density at radius 1 is 1.26 bits per heavy atom. The lowest BCUT2D eigenvalue weighted by Crippen LogP contribution is -2.16. The van der Waals surface area contributed by atoms with Crippen LogP contribution in [0, 0.1) is 0 Å². The molecule has 27 heavy (non-hydrogen) atoms. The van der Waals surface area contributed by atoms with E-state index in [1.807, 2.05) is 0 Å². The van der Waals surface area contributed by atoms with Crippen molar-refractivity contribution in [3.8, 4) is 11.3 Å². The summed E-state index contributed by atoms with van der Waals surface area (Å²) in [6, 6.07) is 4.58. The average Bonchev–Trinajstić information content (AvgIpc) is 3.16. The maximum atomic E-state index is 11.5. The molecule has 2 N–H and O–H groups in total. The van der Waals surface area contributed by atoms with Gasteiger partial charge in [-0.05, 0) is 46.4 Å². The van der Waals surface area contributed by atoms with E-state index >= 15 is 0 Å². The van der Waals surface area contributed by atoms with Gasteiger partial charge in [-0.15, -0.1) is 5.10 Å². The molecule has 0 amide bonds. The van der Waals surface area contributed by atoms with Crippen LogP contribution in [0.25, 0.3) is 16.2 Å². The number of rotatable bonds is 2. The lowest BCUT2D eigenvalue weighted by Gasteiger charge is -2.25. The van der Waals surface area contributed by atoms with Gasteiger partial charge < -0.3 is 0 Å². The molecular weight excluding hydrogens is 380 g/mol. The number of sulfonamides is 1. The molecule has 0 atom stereocenters. The van der Waals surface area contributed by atoms with E-state index in [-0.39, 0.29) is 15.2 Å². The number of aromatic nitrogens is 3. The van der Waals surface area contributed by atoms with Gasteiger partial charge in [0.15, 0.2) is 0 Å². The molecule has 0 unspecified atom stereocenters. The van der Waals surface area contributed by atoms with Crippen LogP contribution in [0.5, 0.6) is 0 Å². The summed E-state index contributed by atoms with van der Waals surface area (Å²) in [5, 5.41) is 9.26. The molecule has 0 spiro atoms. The standard InChI is InChI=1S/C19H24N4O2S2/c1-18(2,3)11-8-13(12-6-7-19(4,5)14(12)9-11)15-10-23-16(21-15)26-17(22-23)27(20,24)25/h8-10H,6-7H2,1-5H3,(H2,20,24,25). The normalized spacial score (nSPS) is 16.8. The van der Waals surface area contributed by atoms with E-state index in [1.54, 1.807) is 6.20 Å². The Bertz CT molecular complexity index is 1130. The van der Waals surface area contributed by atoms with E-state index < -0.39 is 10.0 Å². The number of hydrogen-bond acceptors (Lipinski definition) is 5. The van der Waals surface area contributed by atoms with E-state index in [9.17, 15) is 8.42 Å². The lowest BCUT2D eigenvalue weighted by atomic mass is 9.79. The molecule has 8 heteroatoms. The van der Waals surface area contributed by atoms with Gasteiger partial charge in [0.2, 0.25) is 9.30 Å². The highest BCUT2D eigenvalue weighted by molar-refractivity contribution is 7.91. The predicted octanol–water partition coefficient (Wildman–Crippen LogP) is 3.63. The zero-order chi connectivity index (χ0) is 19.8. The maximum Gasteiger partial charge on any atom is 0.267 e. The van der Waals surface area contributed by atoms with Crippen molar-refractivity contribution < 1.29 is 8.42 Å². The van der Waals surface area contributed by atoms with Crippen LogP contribution >= 0.6 is 11.3 Å². The first-order chi connectivity index (χ1) is 12.4. The number of fused-ring (bicyclic) bond motifs is 2. The summed E-state index contributed by atoms with van der Waals surface area (Å²) in [5.74, 6) is 0. The lowest BCUT2D eigenvalue weighted by molar-refractivity contribution is 0.519. The van der Waals surface area contributed by atoms with Gasteiger partial charge in [0.1, 0.15) is 0 Å². The largest absolute Gasteiger partial charge is 0.267 e. The maximum absolute atomic E-state index is 11.5. The third-order valence-corrected chi connectivity index (χ3v) is 7.62. The van der Waals surface area contributed by atoms with Gasteiger partial charge in [0.25, 0.3) is 10.0 Å². The highest BCUT2D eigenvalue weighted by Gasteiger charge is 2.34. The topological polar surface area (TPSA) is 90.4 Å². The fourth-order valence-electron chi connectivity index (χ4n) is 3.71. The van der Waals surface area contributed by atoms with Crippen molar-refractivity contribution in [2.24, 2.45) is 5.14 Å². The zero-order valence-corrected chi connectivity index (χ0v) is 17.8. The summed E-state index contributed by atoms with van der Waals surface area (Å²) in [5.41, 5.74) is 6.12. The Morgan fingerprint density at radius 2 is 1.96 bits per heavy atom. The van der Waals surface area contributed by atoms with Crippen molar-refractivity contribution in [3.05, 3.63) is 35.0 Å². The molecule has 1 aromatic carbocycles. The average molecular weight is 405 g/mol. The van der Waals surface area contributed by atoms with Gasteiger partial charge in [0.05, 0.1) is 11.9 Å². The first-order valence-electron chi connectivity index (χ1n) is 8.93. The van der Waals surface area contributed by atoms with Crippen molar-refractivity contribution in [1.29, 1.82) is 0 Å². The number of hydrogen-bond donors (Lipinski definition) is 1. The Hall–Kier alpha value is -1.77. The molecule has 144 valence electrons. The number of nitrogens with zero attached hydrogens (tertiary/aromatic N) is 3. The Kier molecular flexibility index (Phi) is 3.87. The molecule has 0 aliphatic heterocycles. The smallest absolute Gasteiger partial charge is 0.223 e. The third-order valence-electron chi connectivity index (χ3n) is 5.39. The first-order valence-corrected chi connectivity index (χ1v) is 11.3. The number of benzene rings is 1. The van der Waals surface area contributed by atoms with E-state index in [1.165, 1.54) is 21.2 Å². The monoisotopic (exact) mass is 404 g/mol. The van der Waals surface area contributed by atoms with Crippen molar-refractivity contribution in [2.75, 3.05) is 0 Å². The van der Waals surface area contributed by atoms with E-state index in [0.717, 1.165) is 35.4 Å². The minimum Gasteiger partial charge on any atom is -0.223 e. The second-order valence-corrected chi connectivity index (χ2v) is 11.6. The molecule has 0 saturated carbocycles. The van der Waals surface area contributed by atoms with Gasteiger partial charge in [-0.2, -0.15) is 0 Å². The molecule has 0 radical (unpaired) electrons. The van der Waals surface area contributed by atoms with E-state index in [4.69, 9.17) is 5.14 Å². The Morgan fingerprint density at radius 3 is 2.56 bits per heavy atom. The predicted molar refractivity (Wildman–Crippen MR) is 108 cm³/mol. The molecule has 3 aromatic rings. The van der Waals surface area contributed by atoms with Crippen LogP contribution < -0.4 is 5.14 Å². The zero-order valence-electron chi connectivity index (χ0n) is 16.2. The fourth-order valence-corrected chi connectivity index (χ4v) is 5.21. The molecule has 4 rings (SSSR count). The summed E-state index contributed by atoms with van der Waals surface area (Å²) in [7, 11) is -3.82. The Labute approximate surface area is 163 Å². The van der Waals surface area contributed by atoms with Crippen LogP contribution in [0.2, 0.25) is 0 Å². The van der Waals surface area contributed by atoms with Crippen molar-refractivity contribution >= 4 is 26.3 Å². The Balaban J connectivity index is 1.92. The van der Waals surface area contributed by atoms with Crippen molar-refractivity contribution in [2.45, 2.75) is 62.6 Å². The number of primary sulfonamides is 1. The SMILES string of the molecule is CC(C)(C)c1cc(-c2cn3nc(S(N)(=O)=O)sc3n2)c2c(c1)C(C)(C)CC2. The van der Waals surface area contributed by atoms with Crippen LogP contribution in [0.4, 0.5) is 0 Å². The molecule has 1 aliphatic rings. The molecule has 0 saturated heterocycles. The van der Waals surface area contributed by atoms with Crippen LogP contribution in [-0.4, -0.2) is 23.0 Å².